The maximum Gasteiger partial charge on any atom is 0.306 e. The quantitative estimate of drug-likeness (QED) is 0.709. The number of benzene rings is 1. The van der Waals surface area contributed by atoms with Crippen molar-refractivity contribution in [3.05, 3.63) is 29.3 Å². The van der Waals surface area contributed by atoms with Gasteiger partial charge in [0.05, 0.1) is 6.54 Å². The lowest BCUT2D eigenvalue weighted by Crippen LogP contribution is -2.37. The fraction of sp³-hybridized carbons (Fsp3) is 0.571. The number of likely N-dealkylation sites (N-methyl/N-ethyl adjacent to an activating group) is 1. The summed E-state index contributed by atoms with van der Waals surface area (Å²) in [4.78, 5) is 37.4. The summed E-state index contributed by atoms with van der Waals surface area (Å²) in [6.45, 7) is 3.42. The van der Waals surface area contributed by atoms with Crippen molar-refractivity contribution in [1.82, 2.24) is 4.90 Å². The van der Waals surface area contributed by atoms with E-state index in [1.165, 1.54) is 37.6 Å². The normalized spacial score (nSPS) is 14.0. The lowest BCUT2D eigenvalue weighted by molar-refractivity contribution is -0.152. The molecule has 1 aliphatic rings. The van der Waals surface area contributed by atoms with Gasteiger partial charge in [0.25, 0.3) is 5.91 Å². The van der Waals surface area contributed by atoms with Crippen LogP contribution in [0.15, 0.2) is 18.2 Å². The largest absolute Gasteiger partial charge is 0.456 e. The molecule has 0 heterocycles. The third-order valence-corrected chi connectivity index (χ3v) is 5.14. The van der Waals surface area contributed by atoms with Crippen molar-refractivity contribution >= 4 is 23.5 Å². The van der Waals surface area contributed by atoms with E-state index in [4.69, 9.17) is 4.74 Å². The molecule has 1 aliphatic carbocycles. The number of hydrogen-bond acceptors (Lipinski definition) is 4. The average molecular weight is 374 g/mol. The van der Waals surface area contributed by atoms with Crippen molar-refractivity contribution < 1.29 is 19.1 Å². The highest BCUT2D eigenvalue weighted by molar-refractivity contribution is 5.96. The van der Waals surface area contributed by atoms with Gasteiger partial charge in [-0.2, -0.15) is 0 Å². The zero-order chi connectivity index (χ0) is 19.8. The Labute approximate surface area is 161 Å². The number of ether oxygens (including phenoxy) is 1. The first-order chi connectivity index (χ1) is 12.9. The number of amides is 2. The Morgan fingerprint density at radius 1 is 1.15 bits per heavy atom. The number of hydrogen-bond donors (Lipinski definition) is 1. The van der Waals surface area contributed by atoms with Gasteiger partial charge in [0.2, 0.25) is 5.91 Å². The summed E-state index contributed by atoms with van der Waals surface area (Å²) < 4.78 is 5.06. The van der Waals surface area contributed by atoms with E-state index < -0.39 is 0 Å². The topological polar surface area (TPSA) is 75.7 Å². The lowest BCUT2D eigenvalue weighted by Gasteiger charge is -2.18. The number of rotatable bonds is 8. The Bertz CT molecular complexity index is 661. The lowest BCUT2D eigenvalue weighted by atomic mass is 10.0. The molecule has 0 aliphatic heterocycles. The summed E-state index contributed by atoms with van der Waals surface area (Å²) >= 11 is 0. The third-order valence-electron chi connectivity index (χ3n) is 5.14. The van der Waals surface area contributed by atoms with E-state index in [-0.39, 0.29) is 30.9 Å². The van der Waals surface area contributed by atoms with E-state index in [9.17, 15) is 14.4 Å². The Morgan fingerprint density at radius 2 is 1.78 bits per heavy atom. The van der Waals surface area contributed by atoms with Crippen LogP contribution in [0, 0.1) is 19.8 Å². The van der Waals surface area contributed by atoms with Crippen molar-refractivity contribution in [3.63, 3.8) is 0 Å². The van der Waals surface area contributed by atoms with E-state index in [1.54, 1.807) is 0 Å². The number of aryl methyl sites for hydroxylation is 2. The standard InChI is InChI=1S/C21H30N2O4/c1-15-7-6-8-16(2)21(15)22-18(24)13-23(3)19(25)14-27-20(26)12-11-17-9-4-5-10-17/h6-8,17H,4-5,9-14H2,1-3H3,(H,22,24). The zero-order valence-corrected chi connectivity index (χ0v) is 16.5. The molecule has 0 saturated heterocycles. The number of nitrogens with zero attached hydrogens (tertiary/aromatic N) is 1. The molecule has 0 radical (unpaired) electrons. The van der Waals surface area contributed by atoms with Crippen LogP contribution in [-0.4, -0.2) is 42.9 Å². The van der Waals surface area contributed by atoms with Crippen LogP contribution in [0.2, 0.25) is 0 Å². The molecular weight excluding hydrogens is 344 g/mol. The molecule has 1 saturated carbocycles. The highest BCUT2D eigenvalue weighted by Crippen LogP contribution is 2.28. The van der Waals surface area contributed by atoms with Gasteiger partial charge in [-0.1, -0.05) is 43.9 Å². The summed E-state index contributed by atoms with van der Waals surface area (Å²) in [6, 6.07) is 5.77. The third kappa shape index (κ3) is 6.70. The molecule has 1 aromatic rings. The highest BCUT2D eigenvalue weighted by atomic mass is 16.5. The number of carbonyl (C=O) groups excluding carboxylic acids is 3. The Hall–Kier alpha value is -2.37. The molecule has 1 N–H and O–H groups in total. The van der Waals surface area contributed by atoms with E-state index in [1.807, 2.05) is 32.0 Å². The first-order valence-electron chi connectivity index (χ1n) is 9.62. The van der Waals surface area contributed by atoms with Gasteiger partial charge in [-0.25, -0.2) is 0 Å². The summed E-state index contributed by atoms with van der Waals surface area (Å²) in [7, 11) is 1.53. The SMILES string of the molecule is Cc1cccc(C)c1NC(=O)CN(C)C(=O)COC(=O)CCC1CCCC1. The van der Waals surface area contributed by atoms with Gasteiger partial charge < -0.3 is 15.0 Å². The predicted molar refractivity (Wildman–Crippen MR) is 104 cm³/mol. The van der Waals surface area contributed by atoms with E-state index >= 15 is 0 Å². The molecule has 0 spiro atoms. The second-order valence-electron chi connectivity index (χ2n) is 7.41. The number of nitrogens with one attached hydrogen (secondary N) is 1. The molecule has 0 atom stereocenters. The molecule has 0 unspecified atom stereocenters. The van der Waals surface area contributed by atoms with Crippen LogP contribution < -0.4 is 5.32 Å². The first kappa shape index (κ1) is 20.9. The van der Waals surface area contributed by atoms with Crippen LogP contribution in [0.5, 0.6) is 0 Å². The van der Waals surface area contributed by atoms with Crippen LogP contribution in [-0.2, 0) is 19.1 Å². The van der Waals surface area contributed by atoms with Crippen molar-refractivity contribution in [2.75, 3.05) is 25.5 Å². The van der Waals surface area contributed by atoms with Crippen LogP contribution >= 0.6 is 0 Å². The minimum atomic E-state index is -0.388. The van der Waals surface area contributed by atoms with E-state index in [0.29, 0.717) is 12.3 Å². The molecule has 1 aromatic carbocycles. The molecule has 1 fully saturated rings. The summed E-state index contributed by atoms with van der Waals surface area (Å²) in [5.74, 6) is -0.398. The van der Waals surface area contributed by atoms with E-state index in [2.05, 4.69) is 5.32 Å². The minimum Gasteiger partial charge on any atom is -0.456 e. The monoisotopic (exact) mass is 374 g/mol. The minimum absolute atomic E-state index is 0.0910. The molecule has 148 valence electrons. The first-order valence-corrected chi connectivity index (χ1v) is 9.62. The fourth-order valence-electron chi connectivity index (χ4n) is 3.44. The predicted octanol–water partition coefficient (Wildman–Crippen LogP) is 3.21. The van der Waals surface area contributed by atoms with Crippen molar-refractivity contribution in [1.29, 1.82) is 0 Å². The number of para-hydroxylation sites is 1. The molecular formula is C21H30N2O4. The maximum absolute atomic E-state index is 12.2. The van der Waals surface area contributed by atoms with Crippen LogP contribution in [0.3, 0.4) is 0 Å². The zero-order valence-electron chi connectivity index (χ0n) is 16.5. The van der Waals surface area contributed by atoms with Crippen molar-refractivity contribution in [2.24, 2.45) is 5.92 Å². The fourth-order valence-corrected chi connectivity index (χ4v) is 3.44. The van der Waals surface area contributed by atoms with Crippen LogP contribution in [0.1, 0.15) is 49.7 Å². The summed E-state index contributed by atoms with van der Waals surface area (Å²) in [5, 5.41) is 2.84. The molecule has 2 rings (SSSR count). The Kier molecular flexibility index (Phi) is 7.82. The van der Waals surface area contributed by atoms with Crippen LogP contribution in [0.4, 0.5) is 5.69 Å². The average Bonchev–Trinajstić information content (AvgIpc) is 3.14. The van der Waals surface area contributed by atoms with E-state index in [0.717, 1.165) is 23.2 Å². The highest BCUT2D eigenvalue weighted by Gasteiger charge is 2.19. The molecule has 2 amide bonds. The number of esters is 1. The second-order valence-corrected chi connectivity index (χ2v) is 7.41. The maximum atomic E-state index is 12.2. The van der Waals surface area contributed by atoms with Gasteiger partial charge in [-0.3, -0.25) is 14.4 Å². The van der Waals surface area contributed by atoms with Gasteiger partial charge in [-0.15, -0.1) is 0 Å². The van der Waals surface area contributed by atoms with Gasteiger partial charge >= 0.3 is 5.97 Å². The van der Waals surface area contributed by atoms with Gasteiger partial charge in [0.15, 0.2) is 6.61 Å². The Morgan fingerprint density at radius 3 is 2.41 bits per heavy atom. The number of carbonyl (C=O) groups is 3. The molecule has 0 aromatic heterocycles. The number of anilines is 1. The van der Waals surface area contributed by atoms with Crippen molar-refractivity contribution in [2.45, 2.75) is 52.4 Å². The van der Waals surface area contributed by atoms with Gasteiger partial charge in [0.1, 0.15) is 0 Å². The smallest absolute Gasteiger partial charge is 0.306 e. The van der Waals surface area contributed by atoms with Crippen molar-refractivity contribution in [3.8, 4) is 0 Å². The van der Waals surface area contributed by atoms with Gasteiger partial charge in [0, 0.05) is 19.2 Å². The van der Waals surface area contributed by atoms with Gasteiger partial charge in [-0.05, 0) is 37.3 Å². The second kappa shape index (κ2) is 10.1. The molecule has 6 nitrogen and oxygen atoms in total. The Balaban J connectivity index is 1.71. The molecule has 6 heteroatoms. The summed E-state index contributed by atoms with van der Waals surface area (Å²) in [5.41, 5.74) is 2.70. The molecule has 0 bridgehead atoms. The van der Waals surface area contributed by atoms with Crippen LogP contribution in [0.25, 0.3) is 0 Å². The molecule has 27 heavy (non-hydrogen) atoms. The summed E-state index contributed by atoms with van der Waals surface area (Å²) in [6.07, 6.45) is 6.05.